The lowest BCUT2D eigenvalue weighted by Gasteiger charge is -2.46. The van der Waals surface area contributed by atoms with Crippen LogP contribution in [-0.2, 0) is 9.47 Å². The predicted molar refractivity (Wildman–Crippen MR) is 114 cm³/mol. The van der Waals surface area contributed by atoms with E-state index in [0.717, 1.165) is 5.56 Å². The molecule has 2 heterocycles. The van der Waals surface area contributed by atoms with Crippen molar-refractivity contribution in [2.45, 2.75) is 37.9 Å². The molecule has 0 radical (unpaired) electrons. The summed E-state index contributed by atoms with van der Waals surface area (Å²) >= 11 is 5.49. The van der Waals surface area contributed by atoms with Crippen LogP contribution < -0.4 is 4.74 Å². The topological polar surface area (TPSA) is 109 Å². The number of oxazole rings is 1. The molecule has 1 aliphatic heterocycles. The first-order valence-electron chi connectivity index (χ1n) is 9.54. The number of aliphatic hydroxyl groups is 1. The van der Waals surface area contributed by atoms with Crippen LogP contribution in [0.15, 0.2) is 40.8 Å². The van der Waals surface area contributed by atoms with Crippen molar-refractivity contribution >= 4 is 29.0 Å². The van der Waals surface area contributed by atoms with Gasteiger partial charge in [-0.3, -0.25) is 14.7 Å². The number of hydrogen-bond acceptors (Lipinski definition) is 8. The van der Waals surface area contributed by atoms with Crippen molar-refractivity contribution in [1.29, 1.82) is 0 Å². The molecule has 0 saturated heterocycles. The molecule has 0 amide bonds. The van der Waals surface area contributed by atoms with E-state index < -0.39 is 29.0 Å². The maximum absolute atomic E-state index is 11.5. The van der Waals surface area contributed by atoms with Gasteiger partial charge in [-0.05, 0) is 49.8 Å². The summed E-state index contributed by atoms with van der Waals surface area (Å²) in [4.78, 5) is 11.0. The van der Waals surface area contributed by atoms with Gasteiger partial charge in [-0.25, -0.2) is 0 Å². The number of aromatic nitrogens is 1. The number of non-ortho nitro benzene ring substituents is 1. The van der Waals surface area contributed by atoms with Crippen LogP contribution in [0.4, 0.5) is 5.69 Å². The average Bonchev–Trinajstić information content (AvgIpc) is 3.04. The summed E-state index contributed by atoms with van der Waals surface area (Å²) < 4.78 is 24.4. The molecule has 10 heteroatoms. The molecule has 0 bridgehead atoms. The van der Waals surface area contributed by atoms with Gasteiger partial charge in [0.05, 0.1) is 16.5 Å². The molecule has 1 aromatic heterocycles. The van der Waals surface area contributed by atoms with Gasteiger partial charge in [-0.15, -0.1) is 0 Å². The number of nitro benzene ring substituents is 1. The Morgan fingerprint density at radius 1 is 1.26 bits per heavy atom. The molecule has 3 atom stereocenters. The molecule has 4 rings (SSSR count). The Morgan fingerprint density at radius 2 is 1.97 bits per heavy atom. The van der Waals surface area contributed by atoms with Crippen molar-refractivity contribution in [2.75, 3.05) is 14.2 Å². The Hall–Kier alpha value is -2.79. The lowest BCUT2D eigenvalue weighted by molar-refractivity contribution is -0.385. The van der Waals surface area contributed by atoms with Gasteiger partial charge in [-0.2, -0.15) is 0 Å². The smallest absolute Gasteiger partial charge is 0.270 e. The Bertz CT molecular complexity index is 1220. The quantitative estimate of drug-likeness (QED) is 0.272. The zero-order chi connectivity index (χ0) is 22.5. The molecule has 0 unspecified atom stereocenters. The van der Waals surface area contributed by atoms with Crippen LogP contribution in [0.2, 0.25) is 0 Å². The fraction of sp³-hybridized carbons (Fsp3) is 0.381. The number of fused-ring (bicyclic) bond motifs is 2. The van der Waals surface area contributed by atoms with Gasteiger partial charge in [0.1, 0.15) is 11.9 Å². The monoisotopic (exact) mass is 446 g/mol. The number of methoxy groups -OCH3 is 2. The van der Waals surface area contributed by atoms with Crippen molar-refractivity contribution in [2.24, 2.45) is 0 Å². The summed E-state index contributed by atoms with van der Waals surface area (Å²) in [6, 6.07) is 8.96. The molecule has 164 valence electrons. The van der Waals surface area contributed by atoms with Crippen LogP contribution in [0.25, 0.3) is 11.1 Å². The zero-order valence-corrected chi connectivity index (χ0v) is 18.2. The van der Waals surface area contributed by atoms with E-state index in [9.17, 15) is 15.2 Å². The summed E-state index contributed by atoms with van der Waals surface area (Å²) in [7, 11) is 2.88. The summed E-state index contributed by atoms with van der Waals surface area (Å²) in [5.41, 5.74) is 1.11. The van der Waals surface area contributed by atoms with Crippen molar-refractivity contribution in [3.05, 3.63) is 62.5 Å². The Morgan fingerprint density at radius 3 is 2.61 bits per heavy atom. The van der Waals surface area contributed by atoms with E-state index in [4.69, 9.17) is 30.8 Å². The molecule has 3 aromatic rings. The van der Waals surface area contributed by atoms with E-state index in [1.54, 1.807) is 11.5 Å². The molecule has 0 fully saturated rings. The van der Waals surface area contributed by atoms with Crippen molar-refractivity contribution in [3.8, 4) is 5.75 Å². The number of nitrogens with zero attached hydrogens (tertiary/aromatic N) is 2. The zero-order valence-electron chi connectivity index (χ0n) is 17.4. The van der Waals surface area contributed by atoms with Crippen LogP contribution in [0, 0.1) is 21.9 Å². The number of hydrogen-bond donors (Lipinski definition) is 1. The van der Waals surface area contributed by atoms with Crippen molar-refractivity contribution in [3.63, 3.8) is 0 Å². The van der Waals surface area contributed by atoms with E-state index >= 15 is 0 Å². The lowest BCUT2D eigenvalue weighted by Crippen LogP contribution is -2.60. The molecule has 1 aliphatic rings. The van der Waals surface area contributed by atoms with E-state index in [1.807, 2.05) is 25.1 Å². The summed E-state index contributed by atoms with van der Waals surface area (Å²) in [6.45, 7) is 3.58. The maximum Gasteiger partial charge on any atom is 0.270 e. The number of ether oxygens (including phenoxy) is 3. The first-order chi connectivity index (χ1) is 14.7. The van der Waals surface area contributed by atoms with Gasteiger partial charge >= 0.3 is 0 Å². The van der Waals surface area contributed by atoms with Crippen LogP contribution in [-0.4, -0.2) is 46.8 Å². The minimum atomic E-state index is -1.35. The highest BCUT2D eigenvalue weighted by molar-refractivity contribution is 7.71. The van der Waals surface area contributed by atoms with Gasteiger partial charge in [-0.1, -0.05) is 6.07 Å². The first kappa shape index (κ1) is 21.4. The fourth-order valence-corrected chi connectivity index (χ4v) is 4.50. The normalized spacial score (nSPS) is 23.0. The third kappa shape index (κ3) is 3.32. The second-order valence-corrected chi connectivity index (χ2v) is 8.02. The van der Waals surface area contributed by atoms with Crippen LogP contribution in [0.5, 0.6) is 5.75 Å². The van der Waals surface area contributed by atoms with Crippen molar-refractivity contribution < 1.29 is 28.7 Å². The van der Waals surface area contributed by atoms with Gasteiger partial charge in [0.2, 0.25) is 0 Å². The third-order valence-electron chi connectivity index (χ3n) is 5.68. The fourth-order valence-electron chi connectivity index (χ4n) is 4.19. The Kier molecular flexibility index (Phi) is 5.34. The number of aliphatic hydroxyl groups excluding tert-OH is 1. The SMILES string of the molecule is COC(OC)[C@]1(C)Oc2ccc([N+](=O)[O-])cc2[C@H](n2c(=S)oc3cc(C)ccc32)[C@H]1O. The Balaban J connectivity index is 2.01. The molecular formula is C21H22N2O7S. The van der Waals surface area contributed by atoms with Crippen LogP contribution in [0.1, 0.15) is 24.1 Å². The van der Waals surface area contributed by atoms with Crippen molar-refractivity contribution in [1.82, 2.24) is 4.57 Å². The summed E-state index contributed by atoms with van der Waals surface area (Å²) in [5.74, 6) is 0.353. The van der Waals surface area contributed by atoms with Gasteiger partial charge in [0, 0.05) is 31.9 Å². The molecule has 0 spiro atoms. The van der Waals surface area contributed by atoms with Crippen LogP contribution in [0.3, 0.4) is 0 Å². The van der Waals surface area contributed by atoms with E-state index in [0.29, 0.717) is 22.4 Å². The second kappa shape index (κ2) is 7.72. The lowest BCUT2D eigenvalue weighted by atomic mass is 9.84. The number of benzene rings is 2. The number of aryl methyl sites for hydroxylation is 1. The van der Waals surface area contributed by atoms with Gasteiger partial charge in [0.25, 0.3) is 10.5 Å². The molecule has 2 aromatic carbocycles. The number of rotatable bonds is 5. The maximum atomic E-state index is 11.5. The minimum absolute atomic E-state index is 0.123. The number of nitro groups is 1. The molecule has 31 heavy (non-hydrogen) atoms. The first-order valence-corrected chi connectivity index (χ1v) is 9.94. The van der Waals surface area contributed by atoms with Gasteiger partial charge in [0.15, 0.2) is 17.5 Å². The Labute approximate surface area is 182 Å². The second-order valence-electron chi connectivity index (χ2n) is 7.67. The molecule has 9 nitrogen and oxygen atoms in total. The average molecular weight is 446 g/mol. The highest BCUT2D eigenvalue weighted by Crippen LogP contribution is 2.46. The molecule has 1 N–H and O–H groups in total. The highest BCUT2D eigenvalue weighted by Gasteiger charge is 2.53. The van der Waals surface area contributed by atoms with Crippen LogP contribution >= 0.6 is 12.2 Å². The van der Waals surface area contributed by atoms with E-state index in [1.165, 1.54) is 32.4 Å². The standard InChI is InChI=1S/C21H22N2O7S/c1-11-5-7-14-16(9-11)29-20(31)22(14)17-13-10-12(23(25)26)6-8-15(13)30-21(2,18(17)24)19(27-3)28-4/h5-10,17-19,24H,1-4H3/t17-,18+,21+/m0/s1. The minimum Gasteiger partial charge on any atom is -0.479 e. The molecule has 0 saturated carbocycles. The predicted octanol–water partition coefficient (Wildman–Crippen LogP) is 3.90. The highest BCUT2D eigenvalue weighted by atomic mass is 32.1. The molecule has 0 aliphatic carbocycles. The van der Waals surface area contributed by atoms with Gasteiger partial charge < -0.3 is 23.7 Å². The largest absolute Gasteiger partial charge is 0.479 e. The summed E-state index contributed by atoms with van der Waals surface area (Å²) in [6.07, 6.45) is -2.18. The third-order valence-corrected chi connectivity index (χ3v) is 5.96. The van der Waals surface area contributed by atoms with E-state index in [-0.39, 0.29) is 10.5 Å². The van der Waals surface area contributed by atoms with E-state index in [2.05, 4.69) is 0 Å². The molecular weight excluding hydrogens is 424 g/mol. The summed E-state index contributed by atoms with van der Waals surface area (Å²) in [5, 5.41) is 23.0.